The van der Waals surface area contributed by atoms with Gasteiger partial charge in [0.05, 0.1) is 0 Å². The summed E-state index contributed by atoms with van der Waals surface area (Å²) in [6.45, 7) is 9.15. The van der Waals surface area contributed by atoms with Crippen LogP contribution >= 0.6 is 11.3 Å². The molecule has 1 aliphatic carbocycles. The largest absolute Gasteiger partial charge is 0.314 e. The zero-order chi connectivity index (χ0) is 15.5. The number of hydrogen-bond acceptors (Lipinski definition) is 4. The molecule has 4 nitrogen and oxygen atoms in total. The van der Waals surface area contributed by atoms with E-state index in [0.29, 0.717) is 16.8 Å². The van der Waals surface area contributed by atoms with Gasteiger partial charge in [0.15, 0.2) is 0 Å². The van der Waals surface area contributed by atoms with E-state index < -0.39 is 10.0 Å². The molecule has 0 aliphatic heterocycles. The van der Waals surface area contributed by atoms with Crippen LogP contribution < -0.4 is 5.32 Å². The molecule has 0 atom stereocenters. The van der Waals surface area contributed by atoms with Crippen LogP contribution in [0.4, 0.5) is 0 Å². The summed E-state index contributed by atoms with van der Waals surface area (Å²) < 4.78 is 27.4. The molecule has 21 heavy (non-hydrogen) atoms. The fraction of sp³-hybridized carbons (Fsp3) is 0.600. The maximum Gasteiger partial charge on any atom is 0.253 e. The lowest BCUT2D eigenvalue weighted by Gasteiger charge is -2.18. The minimum atomic E-state index is -3.36. The van der Waals surface area contributed by atoms with Crippen LogP contribution in [0, 0.1) is 0 Å². The molecule has 1 heterocycles. The molecule has 6 heteroatoms. The Morgan fingerprint density at radius 3 is 2.76 bits per heavy atom. The first kappa shape index (κ1) is 16.7. The summed E-state index contributed by atoms with van der Waals surface area (Å²) in [7, 11) is -3.36. The molecular formula is C15H24N2O2S2. The van der Waals surface area contributed by atoms with Crippen molar-refractivity contribution in [2.45, 2.75) is 49.4 Å². The SMILES string of the molecule is C=CCN(C1CC1)S(=O)(=O)c1ccc(CCNC(C)C)s1. The summed E-state index contributed by atoms with van der Waals surface area (Å²) in [6.07, 6.45) is 4.45. The summed E-state index contributed by atoms with van der Waals surface area (Å²) >= 11 is 1.39. The number of hydrogen-bond donors (Lipinski definition) is 1. The van der Waals surface area contributed by atoms with Gasteiger partial charge in [-0.2, -0.15) is 4.31 Å². The van der Waals surface area contributed by atoms with Gasteiger partial charge in [-0.25, -0.2) is 8.42 Å². The van der Waals surface area contributed by atoms with Crippen molar-refractivity contribution in [3.63, 3.8) is 0 Å². The third kappa shape index (κ3) is 4.39. The summed E-state index contributed by atoms with van der Waals surface area (Å²) in [6, 6.07) is 4.29. The van der Waals surface area contributed by atoms with Crippen molar-refractivity contribution in [3.05, 3.63) is 29.7 Å². The third-order valence-electron chi connectivity index (χ3n) is 3.39. The molecular weight excluding hydrogens is 304 g/mol. The molecule has 1 saturated carbocycles. The van der Waals surface area contributed by atoms with E-state index in [1.165, 1.54) is 11.3 Å². The molecule has 1 aromatic rings. The van der Waals surface area contributed by atoms with Crippen molar-refractivity contribution in [1.82, 2.24) is 9.62 Å². The fourth-order valence-corrected chi connectivity index (χ4v) is 5.30. The fourth-order valence-electron chi connectivity index (χ4n) is 2.16. The molecule has 118 valence electrons. The van der Waals surface area contributed by atoms with Crippen LogP contribution in [0.2, 0.25) is 0 Å². The van der Waals surface area contributed by atoms with E-state index >= 15 is 0 Å². The van der Waals surface area contributed by atoms with E-state index in [2.05, 4.69) is 25.7 Å². The normalized spacial score (nSPS) is 15.8. The average Bonchev–Trinajstić information content (AvgIpc) is 3.13. The highest BCUT2D eigenvalue weighted by Gasteiger charge is 2.37. The van der Waals surface area contributed by atoms with Gasteiger partial charge < -0.3 is 5.32 Å². The van der Waals surface area contributed by atoms with Crippen LogP contribution in [0.25, 0.3) is 0 Å². The summed E-state index contributed by atoms with van der Waals surface area (Å²) in [5.41, 5.74) is 0. The van der Waals surface area contributed by atoms with Crippen molar-refractivity contribution in [3.8, 4) is 0 Å². The highest BCUT2D eigenvalue weighted by Crippen LogP contribution is 2.34. The Kier molecular flexibility index (Phi) is 5.60. The maximum absolute atomic E-state index is 12.7. The summed E-state index contributed by atoms with van der Waals surface area (Å²) in [5, 5.41) is 3.35. The molecule has 2 rings (SSSR count). The molecule has 0 spiro atoms. The van der Waals surface area contributed by atoms with Crippen molar-refractivity contribution in [2.75, 3.05) is 13.1 Å². The van der Waals surface area contributed by atoms with E-state index in [4.69, 9.17) is 0 Å². The van der Waals surface area contributed by atoms with Gasteiger partial charge in [-0.15, -0.1) is 17.9 Å². The van der Waals surface area contributed by atoms with E-state index in [1.54, 1.807) is 16.4 Å². The standard InChI is InChI=1S/C15H24N2O2S2/c1-4-11-17(13-5-6-13)21(18,19)15-8-7-14(20-15)9-10-16-12(2)3/h4,7-8,12-13,16H,1,5-6,9-11H2,2-3H3. The minimum absolute atomic E-state index is 0.168. The van der Waals surface area contributed by atoms with E-state index in [0.717, 1.165) is 30.7 Å². The molecule has 1 N–H and O–H groups in total. The monoisotopic (exact) mass is 328 g/mol. The maximum atomic E-state index is 12.7. The Hall–Kier alpha value is -0.690. The van der Waals surface area contributed by atoms with Gasteiger partial charge >= 0.3 is 0 Å². The highest BCUT2D eigenvalue weighted by molar-refractivity contribution is 7.91. The Labute approximate surface area is 131 Å². The third-order valence-corrected chi connectivity index (χ3v) is 6.92. The van der Waals surface area contributed by atoms with Gasteiger partial charge in [-0.3, -0.25) is 0 Å². The Balaban J connectivity index is 2.06. The second-order valence-corrected chi connectivity index (χ2v) is 8.96. The topological polar surface area (TPSA) is 49.4 Å². The van der Waals surface area contributed by atoms with Gasteiger partial charge in [0.1, 0.15) is 4.21 Å². The van der Waals surface area contributed by atoms with Crippen LogP contribution in [-0.4, -0.2) is 37.9 Å². The average molecular weight is 329 g/mol. The highest BCUT2D eigenvalue weighted by atomic mass is 32.2. The van der Waals surface area contributed by atoms with E-state index in [-0.39, 0.29) is 6.04 Å². The number of thiophene rings is 1. The number of nitrogens with one attached hydrogen (secondary N) is 1. The van der Waals surface area contributed by atoms with Gasteiger partial charge in [-0.1, -0.05) is 19.9 Å². The number of nitrogens with zero attached hydrogens (tertiary/aromatic N) is 1. The van der Waals surface area contributed by atoms with Crippen molar-refractivity contribution in [1.29, 1.82) is 0 Å². The lowest BCUT2D eigenvalue weighted by atomic mass is 10.3. The smallest absolute Gasteiger partial charge is 0.253 e. The first-order chi connectivity index (χ1) is 9.95. The molecule has 0 bridgehead atoms. The second kappa shape index (κ2) is 7.05. The van der Waals surface area contributed by atoms with Gasteiger partial charge in [0, 0.05) is 30.1 Å². The zero-order valence-electron chi connectivity index (χ0n) is 12.7. The van der Waals surface area contributed by atoms with Gasteiger partial charge in [-0.05, 0) is 31.4 Å². The number of rotatable bonds is 9. The predicted octanol–water partition coefficient (Wildman–Crippen LogP) is 2.63. The lowest BCUT2D eigenvalue weighted by molar-refractivity contribution is 0.437. The predicted molar refractivity (Wildman–Crippen MR) is 88.3 cm³/mol. The second-order valence-electron chi connectivity index (χ2n) is 5.67. The van der Waals surface area contributed by atoms with Crippen LogP contribution in [0.15, 0.2) is 29.0 Å². The quantitative estimate of drug-likeness (QED) is 0.709. The van der Waals surface area contributed by atoms with Gasteiger partial charge in [0.2, 0.25) is 0 Å². The van der Waals surface area contributed by atoms with Crippen LogP contribution in [-0.2, 0) is 16.4 Å². The first-order valence-corrected chi connectivity index (χ1v) is 9.65. The molecule has 0 aromatic carbocycles. The first-order valence-electron chi connectivity index (χ1n) is 7.40. The summed E-state index contributed by atoms with van der Waals surface area (Å²) in [4.78, 5) is 1.11. The van der Waals surface area contributed by atoms with Crippen molar-refractivity contribution < 1.29 is 8.42 Å². The Morgan fingerprint density at radius 2 is 2.19 bits per heavy atom. The molecule has 0 unspecified atom stereocenters. The van der Waals surface area contributed by atoms with Gasteiger partial charge in [0.25, 0.3) is 10.0 Å². The molecule has 0 amide bonds. The van der Waals surface area contributed by atoms with Crippen molar-refractivity contribution >= 4 is 21.4 Å². The minimum Gasteiger partial charge on any atom is -0.314 e. The lowest BCUT2D eigenvalue weighted by Crippen LogP contribution is -2.32. The molecule has 1 aromatic heterocycles. The molecule has 1 aliphatic rings. The van der Waals surface area contributed by atoms with E-state index in [9.17, 15) is 8.42 Å². The molecule has 1 fully saturated rings. The van der Waals surface area contributed by atoms with Crippen molar-refractivity contribution in [2.24, 2.45) is 0 Å². The van der Waals surface area contributed by atoms with Crippen LogP contribution in [0.1, 0.15) is 31.6 Å². The zero-order valence-corrected chi connectivity index (χ0v) is 14.3. The Bertz CT molecular complexity index is 574. The Morgan fingerprint density at radius 1 is 1.48 bits per heavy atom. The summed E-state index contributed by atoms with van der Waals surface area (Å²) in [5.74, 6) is 0. The molecule has 0 saturated heterocycles. The number of sulfonamides is 1. The van der Waals surface area contributed by atoms with Crippen LogP contribution in [0.5, 0.6) is 0 Å². The van der Waals surface area contributed by atoms with Crippen LogP contribution in [0.3, 0.4) is 0 Å². The van der Waals surface area contributed by atoms with E-state index in [1.807, 2.05) is 6.07 Å². The molecule has 0 radical (unpaired) electrons.